The van der Waals surface area contributed by atoms with Gasteiger partial charge in [0.05, 0.1) is 23.1 Å². The van der Waals surface area contributed by atoms with Crippen LogP contribution in [0.15, 0.2) is 41.4 Å². The Bertz CT molecular complexity index is 1050. The van der Waals surface area contributed by atoms with Crippen molar-refractivity contribution < 1.29 is 31.1 Å². The molecule has 3 rings (SSSR count). The highest BCUT2D eigenvalue weighted by Gasteiger charge is 2.38. The number of likely N-dealkylation sites (tertiary alicyclic amines) is 1. The molecule has 2 aromatic rings. The Morgan fingerprint density at radius 1 is 1.23 bits per heavy atom. The number of benzene rings is 1. The molecular weight excluding hydrogens is 459 g/mol. The van der Waals surface area contributed by atoms with E-state index in [0.717, 1.165) is 12.1 Å². The Labute approximate surface area is 182 Å². The number of nitrogens with zero attached hydrogens (tertiary/aromatic N) is 2. The minimum atomic E-state index is -4.87. The lowest BCUT2D eigenvalue weighted by Gasteiger charge is -2.32. The number of pyridine rings is 1. The fourth-order valence-corrected chi connectivity index (χ4v) is 4.88. The monoisotopic (exact) mass is 477 g/mol. The van der Waals surface area contributed by atoms with Crippen molar-refractivity contribution in [1.29, 1.82) is 0 Å². The van der Waals surface area contributed by atoms with Crippen molar-refractivity contribution in [3.05, 3.63) is 52.8 Å². The Morgan fingerprint density at radius 3 is 2.45 bits per heavy atom. The summed E-state index contributed by atoms with van der Waals surface area (Å²) in [6.45, 7) is 0.479. The number of halogens is 4. The summed E-state index contributed by atoms with van der Waals surface area (Å²) >= 11 is 5.71. The topological polar surface area (TPSA) is 88.6 Å². The van der Waals surface area contributed by atoms with E-state index in [1.54, 1.807) is 0 Å². The Hall–Kier alpha value is -2.37. The summed E-state index contributed by atoms with van der Waals surface area (Å²) < 4.78 is 72.7. The Balaban J connectivity index is 1.70. The second-order valence-corrected chi connectivity index (χ2v) is 8.99. The first-order valence-corrected chi connectivity index (χ1v) is 11.1. The standard InChI is InChI=1S/C19H19ClF3N3O4S/c1-30-14-3-4-16(15(10-14)19(21,22)23)31(28,29)25-13-6-8-26(9-7-13)18(27)12-2-5-17(20)24-11-12/h2-5,10-11,13,25H,6-9H2,1H3. The van der Waals surface area contributed by atoms with E-state index in [0.29, 0.717) is 11.6 Å². The molecule has 1 N–H and O–H groups in total. The van der Waals surface area contributed by atoms with Crippen molar-refractivity contribution in [2.75, 3.05) is 20.2 Å². The zero-order valence-corrected chi connectivity index (χ0v) is 17.9. The van der Waals surface area contributed by atoms with Gasteiger partial charge in [-0.15, -0.1) is 0 Å². The summed E-state index contributed by atoms with van der Waals surface area (Å²) in [7, 11) is -3.26. The molecule has 7 nitrogen and oxygen atoms in total. The lowest BCUT2D eigenvalue weighted by Crippen LogP contribution is -2.46. The second kappa shape index (κ2) is 9.01. The molecule has 0 saturated carbocycles. The molecule has 1 fully saturated rings. The third kappa shape index (κ3) is 5.46. The number of hydrogen-bond acceptors (Lipinski definition) is 5. The van der Waals surface area contributed by atoms with Crippen LogP contribution in [0, 0.1) is 0 Å². The number of ether oxygens (including phenoxy) is 1. The molecule has 1 aromatic heterocycles. The molecule has 168 valence electrons. The van der Waals surface area contributed by atoms with Gasteiger partial charge in [-0.2, -0.15) is 13.2 Å². The number of hydrogen-bond donors (Lipinski definition) is 1. The fourth-order valence-electron chi connectivity index (χ4n) is 3.26. The molecular formula is C19H19ClF3N3O4S. The number of methoxy groups -OCH3 is 1. The van der Waals surface area contributed by atoms with E-state index in [1.807, 2.05) is 0 Å². The van der Waals surface area contributed by atoms with Crippen LogP contribution in [-0.4, -0.2) is 50.5 Å². The first kappa shape index (κ1) is 23.3. The van der Waals surface area contributed by atoms with Gasteiger partial charge in [-0.25, -0.2) is 18.1 Å². The third-order valence-electron chi connectivity index (χ3n) is 4.86. The average Bonchev–Trinajstić information content (AvgIpc) is 2.73. The second-order valence-electron chi connectivity index (χ2n) is 6.92. The zero-order valence-electron chi connectivity index (χ0n) is 16.3. The Kier molecular flexibility index (Phi) is 6.77. The highest BCUT2D eigenvalue weighted by molar-refractivity contribution is 7.89. The third-order valence-corrected chi connectivity index (χ3v) is 6.66. The van der Waals surface area contributed by atoms with E-state index in [1.165, 1.54) is 30.3 Å². The maximum atomic E-state index is 13.4. The van der Waals surface area contributed by atoms with Gasteiger partial charge in [0, 0.05) is 25.3 Å². The lowest BCUT2D eigenvalue weighted by molar-refractivity contribution is -0.140. The summed E-state index contributed by atoms with van der Waals surface area (Å²) in [4.78, 5) is 17.0. The van der Waals surface area contributed by atoms with Crippen LogP contribution in [0.4, 0.5) is 13.2 Å². The largest absolute Gasteiger partial charge is 0.497 e. The van der Waals surface area contributed by atoms with E-state index in [9.17, 15) is 26.4 Å². The number of piperidine rings is 1. The van der Waals surface area contributed by atoms with Gasteiger partial charge in [-0.3, -0.25) is 4.79 Å². The number of alkyl halides is 3. The summed E-state index contributed by atoms with van der Waals surface area (Å²) in [5, 5.41) is 0.251. The van der Waals surface area contributed by atoms with Gasteiger partial charge >= 0.3 is 6.18 Å². The number of sulfonamides is 1. The zero-order chi connectivity index (χ0) is 22.8. The molecule has 0 aliphatic carbocycles. The molecule has 0 spiro atoms. The van der Waals surface area contributed by atoms with Crippen LogP contribution < -0.4 is 9.46 Å². The van der Waals surface area contributed by atoms with Gasteiger partial charge in [-0.05, 0) is 43.2 Å². The van der Waals surface area contributed by atoms with E-state index in [-0.39, 0.29) is 42.7 Å². The quantitative estimate of drug-likeness (QED) is 0.667. The molecule has 0 bridgehead atoms. The van der Waals surface area contributed by atoms with Crippen LogP contribution >= 0.6 is 11.6 Å². The number of nitrogens with one attached hydrogen (secondary N) is 1. The first-order chi connectivity index (χ1) is 14.5. The highest BCUT2D eigenvalue weighted by Crippen LogP contribution is 2.36. The number of amides is 1. The van der Waals surface area contributed by atoms with Gasteiger partial charge < -0.3 is 9.64 Å². The minimum absolute atomic E-state index is 0.102. The molecule has 1 aromatic carbocycles. The van der Waals surface area contributed by atoms with Crippen LogP contribution in [0.1, 0.15) is 28.8 Å². The molecule has 1 amide bonds. The normalized spacial score (nSPS) is 15.7. The molecule has 0 unspecified atom stereocenters. The maximum absolute atomic E-state index is 13.4. The highest BCUT2D eigenvalue weighted by atomic mass is 35.5. The van der Waals surface area contributed by atoms with Crippen molar-refractivity contribution in [2.24, 2.45) is 0 Å². The molecule has 12 heteroatoms. The minimum Gasteiger partial charge on any atom is -0.497 e. The van der Waals surface area contributed by atoms with Crippen LogP contribution in [0.5, 0.6) is 5.75 Å². The molecule has 2 heterocycles. The van der Waals surface area contributed by atoms with Crippen molar-refractivity contribution in [1.82, 2.24) is 14.6 Å². The van der Waals surface area contributed by atoms with Crippen LogP contribution in [0.25, 0.3) is 0 Å². The van der Waals surface area contributed by atoms with Gasteiger partial charge in [0.25, 0.3) is 5.91 Å². The Morgan fingerprint density at radius 2 is 1.90 bits per heavy atom. The molecule has 0 atom stereocenters. The van der Waals surface area contributed by atoms with Crippen LogP contribution in [-0.2, 0) is 16.2 Å². The maximum Gasteiger partial charge on any atom is 0.417 e. The van der Waals surface area contributed by atoms with Crippen molar-refractivity contribution in [3.8, 4) is 5.75 Å². The molecule has 0 radical (unpaired) electrons. The fraction of sp³-hybridized carbons (Fsp3) is 0.368. The van der Waals surface area contributed by atoms with E-state index in [2.05, 4.69) is 9.71 Å². The number of rotatable bonds is 5. The average molecular weight is 478 g/mol. The summed E-state index contributed by atoms with van der Waals surface area (Å²) in [5.41, 5.74) is -0.960. The van der Waals surface area contributed by atoms with Gasteiger partial charge in [0.1, 0.15) is 10.9 Å². The summed E-state index contributed by atoms with van der Waals surface area (Å²) in [6, 6.07) is 5.09. The van der Waals surface area contributed by atoms with Gasteiger partial charge in [-0.1, -0.05) is 11.6 Å². The SMILES string of the molecule is COc1ccc(S(=O)(=O)NC2CCN(C(=O)c3ccc(Cl)nc3)CC2)c(C(F)(F)F)c1. The molecule has 1 aliphatic heterocycles. The van der Waals surface area contributed by atoms with Crippen molar-refractivity contribution in [2.45, 2.75) is 30.0 Å². The van der Waals surface area contributed by atoms with Crippen LogP contribution in [0.3, 0.4) is 0 Å². The van der Waals surface area contributed by atoms with Crippen LogP contribution in [0.2, 0.25) is 5.15 Å². The summed E-state index contributed by atoms with van der Waals surface area (Å²) in [6.07, 6.45) is -3.02. The van der Waals surface area contributed by atoms with E-state index < -0.39 is 32.7 Å². The van der Waals surface area contributed by atoms with E-state index >= 15 is 0 Å². The first-order valence-electron chi connectivity index (χ1n) is 9.19. The summed E-state index contributed by atoms with van der Waals surface area (Å²) in [5.74, 6) is -0.380. The van der Waals surface area contributed by atoms with E-state index in [4.69, 9.17) is 16.3 Å². The van der Waals surface area contributed by atoms with Crippen molar-refractivity contribution >= 4 is 27.5 Å². The predicted octanol–water partition coefficient (Wildman–Crippen LogP) is 3.35. The lowest BCUT2D eigenvalue weighted by atomic mass is 10.1. The van der Waals surface area contributed by atoms with Crippen molar-refractivity contribution in [3.63, 3.8) is 0 Å². The number of aromatic nitrogens is 1. The van der Waals surface area contributed by atoms with Gasteiger partial charge in [0.2, 0.25) is 10.0 Å². The number of carbonyl (C=O) groups is 1. The van der Waals surface area contributed by atoms with Gasteiger partial charge in [0.15, 0.2) is 0 Å². The molecule has 31 heavy (non-hydrogen) atoms. The molecule has 1 saturated heterocycles. The molecule has 1 aliphatic rings. The number of carbonyl (C=O) groups excluding carboxylic acids is 1. The smallest absolute Gasteiger partial charge is 0.417 e. The predicted molar refractivity (Wildman–Crippen MR) is 106 cm³/mol.